The van der Waals surface area contributed by atoms with E-state index in [0.29, 0.717) is 11.1 Å². The van der Waals surface area contributed by atoms with Gasteiger partial charge in [-0.05, 0) is 53.7 Å². The zero-order chi connectivity index (χ0) is 28.8. The van der Waals surface area contributed by atoms with Crippen molar-refractivity contribution >= 4 is 68.0 Å². The van der Waals surface area contributed by atoms with Crippen molar-refractivity contribution in [2.24, 2.45) is 0 Å². The predicted molar refractivity (Wildman–Crippen MR) is 151 cm³/mol. The Bertz CT molecular complexity index is 1540. The Morgan fingerprint density at radius 3 is 2.52 bits per heavy atom. The van der Waals surface area contributed by atoms with Gasteiger partial charge in [0, 0.05) is 27.9 Å². The number of nitrogens with one attached hydrogen (secondary N) is 1. The van der Waals surface area contributed by atoms with Crippen LogP contribution in [0.2, 0.25) is 0 Å². The highest BCUT2D eigenvalue weighted by Crippen LogP contribution is 2.34. The smallest absolute Gasteiger partial charge is 0.293 e. The minimum absolute atomic E-state index is 0.139. The van der Waals surface area contributed by atoms with Gasteiger partial charge in [0.1, 0.15) is 0 Å². The van der Waals surface area contributed by atoms with Gasteiger partial charge in [0.2, 0.25) is 0 Å². The lowest BCUT2D eigenvalue weighted by Gasteiger charge is -2.12. The number of Topliss-reactive ketones (excluding diaryl/α,β-unsaturated/α-hetero) is 1. The average Bonchev–Trinajstić information content (AvgIpc) is 3.19. The number of hydrogen-bond donors (Lipinski definition) is 1. The molecule has 1 aliphatic rings. The van der Waals surface area contributed by atoms with Crippen LogP contribution in [0.4, 0.5) is 16.2 Å². The van der Waals surface area contributed by atoms with Gasteiger partial charge in [-0.15, -0.1) is 0 Å². The largest absolute Gasteiger partial charge is 0.493 e. The monoisotopic (exact) mass is 625 g/mol. The van der Waals surface area contributed by atoms with E-state index in [2.05, 4.69) is 21.2 Å². The second-order valence-corrected chi connectivity index (χ2v) is 10.2. The molecule has 3 amide bonds. The number of carbonyl (C=O) groups is 4. The molecule has 0 atom stereocenters. The predicted octanol–water partition coefficient (Wildman–Crippen LogP) is 5.30. The minimum atomic E-state index is -0.586. The lowest BCUT2D eigenvalue weighted by Crippen LogP contribution is -2.33. The Balaban J connectivity index is 1.40. The van der Waals surface area contributed by atoms with E-state index in [9.17, 15) is 29.3 Å². The number of non-ortho nitro benzene ring substituents is 1. The van der Waals surface area contributed by atoms with Gasteiger partial charge >= 0.3 is 0 Å². The Morgan fingerprint density at radius 2 is 1.82 bits per heavy atom. The number of imide groups is 1. The number of nitro groups is 1. The Labute approximate surface area is 240 Å². The molecule has 0 saturated carbocycles. The summed E-state index contributed by atoms with van der Waals surface area (Å²) in [6, 6.07) is 16.8. The van der Waals surface area contributed by atoms with Crippen molar-refractivity contribution in [2.75, 3.05) is 25.6 Å². The first-order valence-corrected chi connectivity index (χ1v) is 13.1. The SMILES string of the molecule is COc1cc(/C=C2\SC(=O)N(CC(=O)c3ccc(Br)cc3)C2=O)ccc1OCC(=O)Nc1cccc([N+](=O)[O-])c1. The third kappa shape index (κ3) is 6.93. The number of thioether (sulfide) groups is 1. The van der Waals surface area contributed by atoms with Crippen molar-refractivity contribution in [1.82, 2.24) is 4.90 Å². The van der Waals surface area contributed by atoms with E-state index in [1.54, 1.807) is 36.4 Å². The molecule has 0 unspecified atom stereocenters. The molecule has 3 aromatic carbocycles. The summed E-state index contributed by atoms with van der Waals surface area (Å²) in [5.41, 5.74) is 0.989. The highest BCUT2D eigenvalue weighted by molar-refractivity contribution is 9.10. The van der Waals surface area contributed by atoms with Crippen LogP contribution in [0.1, 0.15) is 15.9 Å². The zero-order valence-electron chi connectivity index (χ0n) is 20.8. The van der Waals surface area contributed by atoms with Crippen LogP contribution in [0.15, 0.2) is 76.1 Å². The number of nitro benzene ring substituents is 1. The van der Waals surface area contributed by atoms with Crippen molar-refractivity contribution in [3.63, 3.8) is 0 Å². The number of halogens is 1. The van der Waals surface area contributed by atoms with Crippen molar-refractivity contribution in [2.45, 2.75) is 0 Å². The van der Waals surface area contributed by atoms with Gasteiger partial charge in [-0.3, -0.25) is 34.2 Å². The highest BCUT2D eigenvalue weighted by Gasteiger charge is 2.36. The summed E-state index contributed by atoms with van der Waals surface area (Å²) >= 11 is 4.02. The number of amides is 3. The molecule has 40 heavy (non-hydrogen) atoms. The summed E-state index contributed by atoms with van der Waals surface area (Å²) < 4.78 is 11.7. The summed E-state index contributed by atoms with van der Waals surface area (Å²) in [7, 11) is 1.40. The summed E-state index contributed by atoms with van der Waals surface area (Å²) in [6.07, 6.45) is 1.50. The molecular weight excluding hydrogens is 606 g/mol. The van der Waals surface area contributed by atoms with Gasteiger partial charge in [0.05, 0.1) is 23.5 Å². The van der Waals surface area contributed by atoms with Gasteiger partial charge in [0.15, 0.2) is 23.9 Å². The van der Waals surface area contributed by atoms with E-state index in [4.69, 9.17) is 9.47 Å². The summed E-state index contributed by atoms with van der Waals surface area (Å²) in [5.74, 6) is -0.993. The van der Waals surface area contributed by atoms with E-state index < -0.39 is 28.6 Å². The van der Waals surface area contributed by atoms with Gasteiger partial charge in [0.25, 0.3) is 22.7 Å². The molecule has 0 aromatic heterocycles. The Hall–Kier alpha value is -4.49. The van der Waals surface area contributed by atoms with E-state index in [1.807, 2.05) is 0 Å². The average molecular weight is 626 g/mol. The number of hydrogen-bond acceptors (Lipinski definition) is 9. The van der Waals surface area contributed by atoms with Crippen LogP contribution in [-0.4, -0.2) is 52.9 Å². The number of ether oxygens (including phenoxy) is 2. The molecule has 0 radical (unpaired) electrons. The maximum Gasteiger partial charge on any atom is 0.293 e. The fourth-order valence-corrected chi connectivity index (χ4v) is 4.69. The normalized spacial score (nSPS) is 13.8. The molecular formula is C27H20BrN3O8S. The fraction of sp³-hybridized carbons (Fsp3) is 0.111. The number of nitrogens with zero attached hydrogens (tertiary/aromatic N) is 2. The first kappa shape index (κ1) is 28.5. The molecule has 1 saturated heterocycles. The highest BCUT2D eigenvalue weighted by atomic mass is 79.9. The first-order chi connectivity index (χ1) is 19.1. The molecule has 204 valence electrons. The van der Waals surface area contributed by atoms with E-state index in [0.717, 1.165) is 21.1 Å². The van der Waals surface area contributed by atoms with Crippen molar-refractivity contribution < 1.29 is 33.6 Å². The second-order valence-electron chi connectivity index (χ2n) is 8.25. The zero-order valence-corrected chi connectivity index (χ0v) is 23.2. The maximum atomic E-state index is 12.9. The van der Waals surface area contributed by atoms with Crippen molar-refractivity contribution in [3.05, 3.63) is 97.3 Å². The summed E-state index contributed by atoms with van der Waals surface area (Å²) in [5, 5.41) is 12.9. The maximum absolute atomic E-state index is 12.9. The van der Waals surface area contributed by atoms with E-state index in [-0.39, 0.29) is 40.1 Å². The molecule has 4 rings (SSSR count). The van der Waals surface area contributed by atoms with Crippen LogP contribution in [0, 0.1) is 10.1 Å². The number of benzene rings is 3. The quantitative estimate of drug-likeness (QED) is 0.137. The molecule has 0 spiro atoms. The number of carbonyl (C=O) groups excluding carboxylic acids is 4. The van der Waals surface area contributed by atoms with Crippen molar-refractivity contribution in [1.29, 1.82) is 0 Å². The molecule has 3 aromatic rings. The van der Waals surface area contributed by atoms with Crippen LogP contribution >= 0.6 is 27.7 Å². The minimum Gasteiger partial charge on any atom is -0.493 e. The van der Waals surface area contributed by atoms with Crippen molar-refractivity contribution in [3.8, 4) is 11.5 Å². The molecule has 0 aliphatic carbocycles. The van der Waals surface area contributed by atoms with Crippen LogP contribution in [0.25, 0.3) is 6.08 Å². The third-order valence-electron chi connectivity index (χ3n) is 5.53. The molecule has 1 N–H and O–H groups in total. The molecule has 1 fully saturated rings. The lowest BCUT2D eigenvalue weighted by atomic mass is 10.1. The van der Waals surface area contributed by atoms with E-state index in [1.165, 1.54) is 43.5 Å². The number of ketones is 1. The van der Waals surface area contributed by atoms with Crippen LogP contribution in [-0.2, 0) is 9.59 Å². The Kier molecular flexibility index (Phi) is 8.97. The summed E-state index contributed by atoms with van der Waals surface area (Å²) in [6.45, 7) is -0.776. The molecule has 0 bridgehead atoms. The number of anilines is 1. The lowest BCUT2D eigenvalue weighted by molar-refractivity contribution is -0.384. The van der Waals surface area contributed by atoms with Crippen LogP contribution < -0.4 is 14.8 Å². The second kappa shape index (κ2) is 12.6. The third-order valence-corrected chi connectivity index (χ3v) is 6.96. The van der Waals surface area contributed by atoms with Crippen LogP contribution in [0.5, 0.6) is 11.5 Å². The number of methoxy groups -OCH3 is 1. The Morgan fingerprint density at radius 1 is 1.07 bits per heavy atom. The molecule has 13 heteroatoms. The van der Waals surface area contributed by atoms with Gasteiger partial charge < -0.3 is 14.8 Å². The van der Waals surface area contributed by atoms with Gasteiger partial charge in [-0.25, -0.2) is 0 Å². The van der Waals surface area contributed by atoms with E-state index >= 15 is 0 Å². The molecule has 1 heterocycles. The van der Waals surface area contributed by atoms with Crippen LogP contribution in [0.3, 0.4) is 0 Å². The van der Waals surface area contributed by atoms with Gasteiger partial charge in [-0.1, -0.05) is 40.2 Å². The molecule has 1 aliphatic heterocycles. The topological polar surface area (TPSA) is 145 Å². The molecule has 11 nitrogen and oxygen atoms in total. The first-order valence-electron chi connectivity index (χ1n) is 11.5. The standard InChI is InChI=1S/C27H20BrN3O8S/c1-38-23-11-16(5-10-22(23)39-15-25(33)29-19-3-2-4-20(13-19)31(36)37)12-24-26(34)30(27(35)40-24)14-21(32)17-6-8-18(28)9-7-17/h2-13H,14-15H2,1H3,(H,29,33)/b24-12-. The summed E-state index contributed by atoms with van der Waals surface area (Å²) in [4.78, 5) is 61.6. The number of rotatable bonds is 10. The van der Waals surface area contributed by atoms with Gasteiger partial charge in [-0.2, -0.15) is 0 Å². The fourth-order valence-electron chi connectivity index (χ4n) is 3.59.